The molecule has 2 heterocycles. The minimum Gasteiger partial charge on any atom is -0.497 e. The van der Waals surface area contributed by atoms with Crippen LogP contribution in [0.3, 0.4) is 0 Å². The lowest BCUT2D eigenvalue weighted by Crippen LogP contribution is -2.29. The second-order valence-electron chi connectivity index (χ2n) is 9.02. The molecule has 0 spiro atoms. The highest BCUT2D eigenvalue weighted by Crippen LogP contribution is 2.31. The molecule has 1 aliphatic heterocycles. The summed E-state index contributed by atoms with van der Waals surface area (Å²) in [6, 6.07) is 20.3. The number of piperidine rings is 1. The molecule has 196 valence electrons. The number of hydrogen-bond acceptors (Lipinski definition) is 7. The van der Waals surface area contributed by atoms with Crippen LogP contribution in [0.1, 0.15) is 19.3 Å². The van der Waals surface area contributed by atoms with Crippen molar-refractivity contribution in [3.8, 4) is 17.2 Å². The second kappa shape index (κ2) is 11.6. The lowest BCUT2D eigenvalue weighted by molar-refractivity contribution is -0.113. The molecule has 9 heteroatoms. The zero-order valence-electron chi connectivity index (χ0n) is 21.5. The fourth-order valence-electron chi connectivity index (χ4n) is 4.63. The highest BCUT2D eigenvalue weighted by atomic mass is 32.2. The van der Waals surface area contributed by atoms with Crippen molar-refractivity contribution in [2.24, 2.45) is 0 Å². The monoisotopic (exact) mass is 530 g/mol. The van der Waals surface area contributed by atoms with Gasteiger partial charge < -0.3 is 19.7 Å². The highest BCUT2D eigenvalue weighted by molar-refractivity contribution is 7.99. The second-order valence-corrected chi connectivity index (χ2v) is 9.96. The molecule has 0 atom stereocenters. The molecule has 0 saturated carbocycles. The Labute approximate surface area is 225 Å². The van der Waals surface area contributed by atoms with E-state index in [-0.39, 0.29) is 17.2 Å². The van der Waals surface area contributed by atoms with E-state index >= 15 is 0 Å². The van der Waals surface area contributed by atoms with Gasteiger partial charge in [0.25, 0.3) is 5.56 Å². The smallest absolute Gasteiger partial charge is 0.266 e. The number of nitrogens with one attached hydrogen (secondary N) is 1. The molecular formula is C29H30N4O4S. The van der Waals surface area contributed by atoms with Gasteiger partial charge >= 0.3 is 0 Å². The molecule has 8 nitrogen and oxygen atoms in total. The molecule has 0 bridgehead atoms. The summed E-state index contributed by atoms with van der Waals surface area (Å²) < 4.78 is 12.4. The Hall–Kier alpha value is -3.98. The Morgan fingerprint density at radius 2 is 1.74 bits per heavy atom. The van der Waals surface area contributed by atoms with Crippen molar-refractivity contribution in [1.29, 1.82) is 0 Å². The van der Waals surface area contributed by atoms with E-state index in [1.54, 1.807) is 50.6 Å². The lowest BCUT2D eigenvalue weighted by Gasteiger charge is -2.28. The molecular weight excluding hydrogens is 500 g/mol. The SMILES string of the molecule is COc1ccc(OC)c(-n2c(SCC(=O)Nc3ccc(N4CCCCC4)cc3)nc3ccccc3c2=O)c1. The Morgan fingerprint density at radius 3 is 2.47 bits per heavy atom. The number of methoxy groups -OCH3 is 2. The van der Waals surface area contributed by atoms with Gasteiger partial charge in [-0.15, -0.1) is 0 Å². The van der Waals surface area contributed by atoms with E-state index in [4.69, 9.17) is 14.5 Å². The molecule has 1 aliphatic rings. The summed E-state index contributed by atoms with van der Waals surface area (Å²) in [5.41, 5.74) is 2.71. The molecule has 1 saturated heterocycles. The van der Waals surface area contributed by atoms with Crippen LogP contribution in [0.25, 0.3) is 16.6 Å². The molecule has 3 aromatic carbocycles. The molecule has 0 radical (unpaired) electrons. The van der Waals surface area contributed by atoms with E-state index in [2.05, 4.69) is 10.2 Å². The predicted molar refractivity (Wildman–Crippen MR) is 152 cm³/mol. The largest absolute Gasteiger partial charge is 0.497 e. The number of rotatable bonds is 8. The summed E-state index contributed by atoms with van der Waals surface area (Å²) >= 11 is 1.19. The van der Waals surface area contributed by atoms with Crippen LogP contribution in [0, 0.1) is 0 Å². The first kappa shape index (κ1) is 25.7. The van der Waals surface area contributed by atoms with Crippen molar-refractivity contribution in [3.63, 3.8) is 0 Å². The Morgan fingerprint density at radius 1 is 0.974 bits per heavy atom. The average Bonchev–Trinajstić information content (AvgIpc) is 2.97. The molecule has 1 N–H and O–H groups in total. The minimum atomic E-state index is -0.252. The van der Waals surface area contributed by atoms with Gasteiger partial charge in [-0.05, 0) is 67.8 Å². The number of anilines is 2. The third-order valence-corrected chi connectivity index (χ3v) is 7.52. The normalized spacial score (nSPS) is 13.4. The third-order valence-electron chi connectivity index (χ3n) is 6.58. The maximum atomic E-state index is 13.6. The molecule has 1 amide bonds. The first-order valence-electron chi connectivity index (χ1n) is 12.6. The molecule has 38 heavy (non-hydrogen) atoms. The van der Waals surface area contributed by atoms with Crippen LogP contribution in [-0.4, -0.2) is 48.5 Å². The third kappa shape index (κ3) is 5.47. The van der Waals surface area contributed by atoms with E-state index in [0.29, 0.717) is 33.2 Å². The number of nitrogens with zero attached hydrogens (tertiary/aromatic N) is 3. The van der Waals surface area contributed by atoms with Gasteiger partial charge in [0.2, 0.25) is 5.91 Å². The zero-order chi connectivity index (χ0) is 26.5. The van der Waals surface area contributed by atoms with Crippen molar-refractivity contribution in [1.82, 2.24) is 9.55 Å². The molecule has 5 rings (SSSR count). The first-order chi connectivity index (χ1) is 18.6. The fourth-order valence-corrected chi connectivity index (χ4v) is 5.43. The zero-order valence-corrected chi connectivity index (χ0v) is 22.3. The fraction of sp³-hybridized carbons (Fsp3) is 0.276. The summed E-state index contributed by atoms with van der Waals surface area (Å²) in [5.74, 6) is 0.949. The predicted octanol–water partition coefficient (Wildman–Crippen LogP) is 5.12. The maximum Gasteiger partial charge on any atom is 0.266 e. The number of carbonyl (C=O) groups is 1. The summed E-state index contributed by atoms with van der Waals surface area (Å²) in [5, 5.41) is 3.81. The number of amides is 1. The highest BCUT2D eigenvalue weighted by Gasteiger charge is 2.19. The van der Waals surface area contributed by atoms with Crippen LogP contribution >= 0.6 is 11.8 Å². The number of para-hydroxylation sites is 1. The molecule has 4 aromatic rings. The van der Waals surface area contributed by atoms with Crippen LogP contribution in [0.5, 0.6) is 11.5 Å². The first-order valence-corrected chi connectivity index (χ1v) is 13.6. The number of benzene rings is 3. The number of hydrogen-bond donors (Lipinski definition) is 1. The molecule has 1 aromatic heterocycles. The van der Waals surface area contributed by atoms with Gasteiger partial charge in [0.1, 0.15) is 11.5 Å². The van der Waals surface area contributed by atoms with Crippen LogP contribution in [0.15, 0.2) is 76.7 Å². The number of fused-ring (bicyclic) bond motifs is 1. The Bertz CT molecular complexity index is 1500. The average molecular weight is 531 g/mol. The van der Waals surface area contributed by atoms with Crippen LogP contribution in [0.4, 0.5) is 11.4 Å². The van der Waals surface area contributed by atoms with Gasteiger partial charge in [0, 0.05) is 30.5 Å². The minimum absolute atomic E-state index is 0.0743. The van der Waals surface area contributed by atoms with E-state index < -0.39 is 0 Å². The number of carbonyl (C=O) groups excluding carboxylic acids is 1. The van der Waals surface area contributed by atoms with E-state index in [1.807, 2.05) is 30.3 Å². The van der Waals surface area contributed by atoms with Crippen molar-refractivity contribution < 1.29 is 14.3 Å². The Balaban J connectivity index is 1.39. The van der Waals surface area contributed by atoms with Gasteiger partial charge in [0.05, 0.1) is 36.6 Å². The molecule has 0 aliphatic carbocycles. The van der Waals surface area contributed by atoms with Crippen molar-refractivity contribution in [2.45, 2.75) is 24.4 Å². The lowest BCUT2D eigenvalue weighted by atomic mass is 10.1. The van der Waals surface area contributed by atoms with Gasteiger partial charge in [-0.1, -0.05) is 23.9 Å². The molecule has 0 unspecified atom stereocenters. The summed E-state index contributed by atoms with van der Waals surface area (Å²) in [4.78, 5) is 33.6. The summed E-state index contributed by atoms with van der Waals surface area (Å²) in [7, 11) is 3.10. The van der Waals surface area contributed by atoms with Crippen molar-refractivity contribution in [2.75, 3.05) is 43.3 Å². The van der Waals surface area contributed by atoms with Gasteiger partial charge in [-0.25, -0.2) is 4.98 Å². The quantitative estimate of drug-likeness (QED) is 0.250. The van der Waals surface area contributed by atoms with E-state index in [0.717, 1.165) is 18.8 Å². The molecule has 1 fully saturated rings. The van der Waals surface area contributed by atoms with Crippen LogP contribution in [0.2, 0.25) is 0 Å². The number of aromatic nitrogens is 2. The topological polar surface area (TPSA) is 85.7 Å². The van der Waals surface area contributed by atoms with Gasteiger partial charge in [-0.2, -0.15) is 0 Å². The van der Waals surface area contributed by atoms with E-state index in [1.165, 1.54) is 41.3 Å². The van der Waals surface area contributed by atoms with Gasteiger partial charge in [-0.3, -0.25) is 14.2 Å². The summed E-state index contributed by atoms with van der Waals surface area (Å²) in [6.45, 7) is 2.14. The van der Waals surface area contributed by atoms with Crippen molar-refractivity contribution >= 4 is 39.9 Å². The summed E-state index contributed by atoms with van der Waals surface area (Å²) in [6.07, 6.45) is 3.71. The van der Waals surface area contributed by atoms with E-state index in [9.17, 15) is 9.59 Å². The maximum absolute atomic E-state index is 13.6. The number of ether oxygens (including phenoxy) is 2. The number of thioether (sulfide) groups is 1. The van der Waals surface area contributed by atoms with Gasteiger partial charge in [0.15, 0.2) is 5.16 Å². The Kier molecular flexibility index (Phi) is 7.83. The van der Waals surface area contributed by atoms with Crippen LogP contribution < -0.4 is 25.2 Å². The van der Waals surface area contributed by atoms with Crippen LogP contribution in [-0.2, 0) is 4.79 Å². The van der Waals surface area contributed by atoms with Crippen molar-refractivity contribution in [3.05, 3.63) is 77.1 Å². The standard InChI is InChI=1S/C29H30N4O4S/c1-36-22-14-15-26(37-2)25(18-22)33-28(35)23-8-4-5-9-24(23)31-29(33)38-19-27(34)30-20-10-12-21(13-11-20)32-16-6-3-7-17-32/h4-5,8-15,18H,3,6-7,16-17,19H2,1-2H3,(H,30,34).